The van der Waals surface area contributed by atoms with E-state index in [4.69, 9.17) is 16.7 Å². The number of aliphatic carboxylic acids is 1. The van der Waals surface area contributed by atoms with Gasteiger partial charge in [-0.05, 0) is 12.1 Å². The molecule has 0 amide bonds. The Morgan fingerprint density at radius 2 is 2.32 bits per heavy atom. The Kier molecular flexibility index (Phi) is 4.34. The number of rotatable bonds is 3. The van der Waals surface area contributed by atoms with Gasteiger partial charge in [0, 0.05) is 24.2 Å². The monoisotopic (exact) mass is 322 g/mol. The summed E-state index contributed by atoms with van der Waals surface area (Å²) in [5.41, 5.74) is 0. The summed E-state index contributed by atoms with van der Waals surface area (Å²) in [6.07, 6.45) is 1.38. The van der Waals surface area contributed by atoms with Crippen LogP contribution in [0.15, 0.2) is 23.2 Å². The fourth-order valence-electron chi connectivity index (χ4n) is 1.76. The lowest BCUT2D eigenvalue weighted by molar-refractivity contribution is -0.140. The molecule has 0 aliphatic carbocycles. The molecule has 1 aliphatic heterocycles. The van der Waals surface area contributed by atoms with Gasteiger partial charge in [-0.3, -0.25) is 4.79 Å². The molecular formula is C10H11ClN2O4S2. The van der Waals surface area contributed by atoms with Gasteiger partial charge in [0.1, 0.15) is 16.1 Å². The molecule has 1 fully saturated rings. The predicted octanol–water partition coefficient (Wildman–Crippen LogP) is 0.926. The van der Waals surface area contributed by atoms with Gasteiger partial charge in [-0.1, -0.05) is 11.6 Å². The van der Waals surface area contributed by atoms with Crippen molar-refractivity contribution in [3.63, 3.8) is 0 Å². The minimum atomic E-state index is -3.94. The van der Waals surface area contributed by atoms with Crippen molar-refractivity contribution in [1.82, 2.24) is 9.29 Å². The molecule has 0 bridgehead atoms. The number of hydrogen-bond donors (Lipinski definition) is 1. The number of pyridine rings is 1. The molecule has 6 nitrogen and oxygen atoms in total. The third kappa shape index (κ3) is 2.86. The molecule has 0 aromatic carbocycles. The number of sulfonamides is 1. The highest BCUT2D eigenvalue weighted by atomic mass is 35.5. The van der Waals surface area contributed by atoms with Gasteiger partial charge in [-0.25, -0.2) is 13.4 Å². The number of aromatic nitrogens is 1. The summed E-state index contributed by atoms with van der Waals surface area (Å²) in [6, 6.07) is 1.71. The van der Waals surface area contributed by atoms with E-state index in [2.05, 4.69) is 4.98 Å². The van der Waals surface area contributed by atoms with Crippen molar-refractivity contribution >= 4 is 39.4 Å². The summed E-state index contributed by atoms with van der Waals surface area (Å²) < 4.78 is 25.9. The van der Waals surface area contributed by atoms with E-state index < -0.39 is 22.0 Å². The number of thioether (sulfide) groups is 1. The van der Waals surface area contributed by atoms with Crippen molar-refractivity contribution in [3.8, 4) is 0 Å². The first-order valence-electron chi connectivity index (χ1n) is 5.37. The maximum absolute atomic E-state index is 12.5. The summed E-state index contributed by atoms with van der Waals surface area (Å²) in [4.78, 5) is 14.7. The zero-order valence-corrected chi connectivity index (χ0v) is 12.1. The summed E-state index contributed by atoms with van der Waals surface area (Å²) >= 11 is 7.20. The van der Waals surface area contributed by atoms with Gasteiger partial charge in [0.15, 0.2) is 0 Å². The largest absolute Gasteiger partial charge is 0.480 e. The van der Waals surface area contributed by atoms with Crippen LogP contribution in [0.25, 0.3) is 0 Å². The molecular weight excluding hydrogens is 312 g/mol. The number of nitrogens with zero attached hydrogens (tertiary/aromatic N) is 2. The number of carboxylic acid groups (broad SMARTS) is 1. The second-order valence-corrected chi connectivity index (χ2v) is 7.20. The van der Waals surface area contributed by atoms with Crippen molar-refractivity contribution in [3.05, 3.63) is 23.5 Å². The van der Waals surface area contributed by atoms with Gasteiger partial charge in [-0.2, -0.15) is 16.1 Å². The Morgan fingerprint density at radius 1 is 1.58 bits per heavy atom. The van der Waals surface area contributed by atoms with Crippen LogP contribution >= 0.6 is 23.4 Å². The average Bonchev–Trinajstić information content (AvgIpc) is 2.39. The molecule has 104 valence electrons. The van der Waals surface area contributed by atoms with Crippen LogP contribution in [0, 0.1) is 0 Å². The summed E-state index contributed by atoms with van der Waals surface area (Å²) in [6.45, 7) is 0.148. The second-order valence-electron chi connectivity index (χ2n) is 3.84. The van der Waals surface area contributed by atoms with Crippen LogP contribution in [0.5, 0.6) is 0 Å². The van der Waals surface area contributed by atoms with Crippen molar-refractivity contribution in [2.24, 2.45) is 0 Å². The highest BCUT2D eigenvalue weighted by Crippen LogP contribution is 2.27. The zero-order valence-electron chi connectivity index (χ0n) is 9.69. The van der Waals surface area contributed by atoms with Crippen LogP contribution in [0.2, 0.25) is 5.15 Å². The molecule has 1 saturated heterocycles. The van der Waals surface area contributed by atoms with Gasteiger partial charge in [0.05, 0.1) is 0 Å². The second kappa shape index (κ2) is 5.66. The number of carbonyl (C=O) groups is 1. The first-order valence-corrected chi connectivity index (χ1v) is 8.35. The molecule has 1 aromatic rings. The van der Waals surface area contributed by atoms with Crippen molar-refractivity contribution in [2.75, 3.05) is 18.1 Å². The minimum absolute atomic E-state index is 0.148. The van der Waals surface area contributed by atoms with E-state index in [1.807, 2.05) is 0 Å². The zero-order chi connectivity index (χ0) is 14.0. The molecule has 1 unspecified atom stereocenters. The van der Waals surface area contributed by atoms with Crippen LogP contribution in [-0.2, 0) is 14.8 Å². The van der Waals surface area contributed by atoms with Crippen LogP contribution in [0.4, 0.5) is 0 Å². The van der Waals surface area contributed by atoms with E-state index in [9.17, 15) is 13.2 Å². The molecule has 0 spiro atoms. The molecule has 1 aliphatic rings. The van der Waals surface area contributed by atoms with Crippen LogP contribution in [0.3, 0.4) is 0 Å². The highest BCUT2D eigenvalue weighted by molar-refractivity contribution is 7.99. The lowest BCUT2D eigenvalue weighted by Gasteiger charge is -2.31. The first-order chi connectivity index (χ1) is 8.94. The Balaban J connectivity index is 2.43. The first kappa shape index (κ1) is 14.6. The fraction of sp³-hybridized carbons (Fsp3) is 0.400. The van der Waals surface area contributed by atoms with E-state index in [1.54, 1.807) is 0 Å². The third-order valence-corrected chi connectivity index (χ3v) is 6.05. The summed E-state index contributed by atoms with van der Waals surface area (Å²) in [5.74, 6) is -0.372. The fourth-order valence-corrected chi connectivity index (χ4v) is 5.02. The maximum Gasteiger partial charge on any atom is 0.322 e. The molecule has 2 rings (SSSR count). The van der Waals surface area contributed by atoms with E-state index in [-0.39, 0.29) is 22.3 Å². The molecule has 0 saturated carbocycles. The Bertz CT molecular complexity index is 593. The Labute approximate surface area is 119 Å². The molecule has 1 aromatic heterocycles. The molecule has 9 heteroatoms. The Hall–Kier alpha value is -0.830. The summed E-state index contributed by atoms with van der Waals surface area (Å²) in [7, 11) is -3.94. The minimum Gasteiger partial charge on any atom is -0.480 e. The number of halogens is 1. The van der Waals surface area contributed by atoms with Crippen LogP contribution < -0.4 is 0 Å². The van der Waals surface area contributed by atoms with E-state index >= 15 is 0 Å². The SMILES string of the molecule is O=C(O)C1CSCCN1S(=O)(=O)c1cccnc1Cl. The van der Waals surface area contributed by atoms with Crippen molar-refractivity contribution in [1.29, 1.82) is 0 Å². The lowest BCUT2D eigenvalue weighted by Crippen LogP contribution is -2.50. The normalized spacial score (nSPS) is 21.2. The van der Waals surface area contributed by atoms with Gasteiger partial charge in [0.25, 0.3) is 0 Å². The van der Waals surface area contributed by atoms with Crippen LogP contribution in [0.1, 0.15) is 0 Å². The number of hydrogen-bond acceptors (Lipinski definition) is 5. The quantitative estimate of drug-likeness (QED) is 0.833. The smallest absolute Gasteiger partial charge is 0.322 e. The highest BCUT2D eigenvalue weighted by Gasteiger charge is 2.38. The Morgan fingerprint density at radius 3 is 2.95 bits per heavy atom. The molecule has 1 N–H and O–H groups in total. The molecule has 19 heavy (non-hydrogen) atoms. The van der Waals surface area contributed by atoms with Gasteiger partial charge in [0.2, 0.25) is 10.0 Å². The standard InChI is InChI=1S/C10H11ClN2O4S2/c11-9-8(2-1-3-12-9)19(16,17)13-4-5-18-6-7(13)10(14)15/h1-3,7H,4-6H2,(H,14,15). The topological polar surface area (TPSA) is 87.6 Å². The third-order valence-electron chi connectivity index (χ3n) is 2.68. The van der Waals surface area contributed by atoms with E-state index in [0.29, 0.717) is 5.75 Å². The lowest BCUT2D eigenvalue weighted by atomic mass is 10.3. The van der Waals surface area contributed by atoms with Gasteiger partial charge < -0.3 is 5.11 Å². The summed E-state index contributed by atoms with van der Waals surface area (Å²) in [5, 5.41) is 8.97. The average molecular weight is 323 g/mol. The van der Waals surface area contributed by atoms with E-state index in [0.717, 1.165) is 4.31 Å². The van der Waals surface area contributed by atoms with Gasteiger partial charge in [-0.15, -0.1) is 0 Å². The maximum atomic E-state index is 12.5. The number of carboxylic acids is 1. The van der Waals surface area contributed by atoms with Gasteiger partial charge >= 0.3 is 5.97 Å². The van der Waals surface area contributed by atoms with Crippen molar-refractivity contribution in [2.45, 2.75) is 10.9 Å². The van der Waals surface area contributed by atoms with Crippen molar-refractivity contribution < 1.29 is 18.3 Å². The molecule has 2 heterocycles. The molecule has 1 atom stereocenters. The van der Waals surface area contributed by atoms with E-state index in [1.165, 1.54) is 30.1 Å². The molecule has 0 radical (unpaired) electrons. The van der Waals surface area contributed by atoms with Crippen LogP contribution in [-0.4, -0.2) is 52.9 Å². The predicted molar refractivity (Wildman–Crippen MR) is 71.9 cm³/mol.